The average Bonchev–Trinajstić information content (AvgIpc) is 2.65. The van der Waals surface area contributed by atoms with E-state index in [1.54, 1.807) is 6.33 Å². The van der Waals surface area contributed by atoms with Gasteiger partial charge in [-0.2, -0.15) is 5.10 Å². The Kier molecular flexibility index (Phi) is 4.61. The molecule has 0 radical (unpaired) electrons. The van der Waals surface area contributed by atoms with Crippen molar-refractivity contribution in [2.45, 2.75) is 71.4 Å². The zero-order valence-electron chi connectivity index (χ0n) is 12.5. The minimum absolute atomic E-state index is 0.546. The van der Waals surface area contributed by atoms with Gasteiger partial charge in [0.1, 0.15) is 12.2 Å². The van der Waals surface area contributed by atoms with Gasteiger partial charge < -0.3 is 5.11 Å². The molecule has 4 nitrogen and oxygen atoms in total. The van der Waals surface area contributed by atoms with Gasteiger partial charge in [-0.1, -0.05) is 33.6 Å². The molecule has 108 valence electrons. The molecule has 1 aromatic rings. The Morgan fingerprint density at radius 3 is 2.95 bits per heavy atom. The Hall–Kier alpha value is -0.900. The first-order chi connectivity index (χ1) is 8.98. The van der Waals surface area contributed by atoms with E-state index in [1.165, 1.54) is 6.42 Å². The predicted octanol–water partition coefficient (Wildman–Crippen LogP) is 2.81. The van der Waals surface area contributed by atoms with Crippen molar-refractivity contribution in [1.29, 1.82) is 0 Å². The van der Waals surface area contributed by atoms with E-state index < -0.39 is 5.60 Å². The van der Waals surface area contributed by atoms with Crippen LogP contribution in [-0.2, 0) is 13.0 Å². The van der Waals surface area contributed by atoms with E-state index in [2.05, 4.69) is 30.9 Å². The molecule has 1 aliphatic rings. The zero-order chi connectivity index (χ0) is 13.9. The third-order valence-corrected chi connectivity index (χ3v) is 4.16. The van der Waals surface area contributed by atoms with Crippen LogP contribution >= 0.6 is 0 Å². The van der Waals surface area contributed by atoms with Crippen LogP contribution in [0.5, 0.6) is 0 Å². The normalized spacial score (nSPS) is 28.6. The topological polar surface area (TPSA) is 50.9 Å². The molecular formula is C15H27N3O. The minimum atomic E-state index is -0.577. The van der Waals surface area contributed by atoms with Gasteiger partial charge in [-0.15, -0.1) is 0 Å². The zero-order valence-corrected chi connectivity index (χ0v) is 12.5. The van der Waals surface area contributed by atoms with Crippen LogP contribution in [0.4, 0.5) is 0 Å². The number of hydrogen-bond donors (Lipinski definition) is 1. The standard InChI is InChI=1S/C15H27N3O/c1-12(2)10-18-14(16-11-17-18)9-15(19)7-4-5-13(3)6-8-15/h11-13,19H,4-10H2,1-3H3. The average molecular weight is 265 g/mol. The van der Waals surface area contributed by atoms with Crippen LogP contribution in [-0.4, -0.2) is 25.5 Å². The highest BCUT2D eigenvalue weighted by Gasteiger charge is 2.31. The number of hydrogen-bond acceptors (Lipinski definition) is 3. The fourth-order valence-corrected chi connectivity index (χ4v) is 2.96. The van der Waals surface area contributed by atoms with E-state index in [0.717, 1.165) is 44.0 Å². The highest BCUT2D eigenvalue weighted by Crippen LogP contribution is 2.32. The summed E-state index contributed by atoms with van der Waals surface area (Å²) in [5.74, 6) is 2.22. The summed E-state index contributed by atoms with van der Waals surface area (Å²) in [5.41, 5.74) is -0.577. The first-order valence-corrected chi connectivity index (χ1v) is 7.57. The van der Waals surface area contributed by atoms with E-state index in [0.29, 0.717) is 12.3 Å². The quantitative estimate of drug-likeness (QED) is 0.852. The molecule has 0 saturated heterocycles. The monoisotopic (exact) mass is 265 g/mol. The van der Waals surface area contributed by atoms with Crippen molar-refractivity contribution in [3.63, 3.8) is 0 Å². The molecule has 2 rings (SSSR count). The second kappa shape index (κ2) is 6.04. The number of aromatic nitrogens is 3. The Labute approximate surface area is 116 Å². The highest BCUT2D eigenvalue weighted by molar-refractivity contribution is 4.96. The maximum Gasteiger partial charge on any atom is 0.138 e. The number of rotatable bonds is 4. The summed E-state index contributed by atoms with van der Waals surface area (Å²) in [6.07, 6.45) is 7.52. The van der Waals surface area contributed by atoms with Crippen molar-refractivity contribution in [2.75, 3.05) is 0 Å². The third-order valence-electron chi connectivity index (χ3n) is 4.16. The molecule has 1 saturated carbocycles. The van der Waals surface area contributed by atoms with E-state index in [1.807, 2.05) is 4.68 Å². The molecule has 0 amide bonds. The lowest BCUT2D eigenvalue weighted by Crippen LogP contribution is -2.32. The predicted molar refractivity (Wildman–Crippen MR) is 75.8 cm³/mol. The van der Waals surface area contributed by atoms with Crippen LogP contribution in [0.3, 0.4) is 0 Å². The summed E-state index contributed by atoms with van der Waals surface area (Å²) in [6.45, 7) is 7.51. The smallest absolute Gasteiger partial charge is 0.138 e. The molecule has 1 heterocycles. The molecule has 2 unspecified atom stereocenters. The van der Waals surface area contributed by atoms with Crippen LogP contribution in [0.15, 0.2) is 6.33 Å². The lowest BCUT2D eigenvalue weighted by Gasteiger charge is -2.26. The van der Waals surface area contributed by atoms with Crippen molar-refractivity contribution in [3.8, 4) is 0 Å². The van der Waals surface area contributed by atoms with Gasteiger partial charge in [0.2, 0.25) is 0 Å². The second-order valence-corrected chi connectivity index (χ2v) is 6.69. The van der Waals surface area contributed by atoms with Gasteiger partial charge in [0.05, 0.1) is 5.60 Å². The van der Waals surface area contributed by atoms with Gasteiger partial charge in [-0.05, 0) is 31.1 Å². The van der Waals surface area contributed by atoms with Crippen molar-refractivity contribution in [3.05, 3.63) is 12.2 Å². The Bertz CT molecular complexity index is 402. The van der Waals surface area contributed by atoms with Gasteiger partial charge in [0.15, 0.2) is 0 Å². The van der Waals surface area contributed by atoms with E-state index >= 15 is 0 Å². The molecule has 2 atom stereocenters. The summed E-state index contributed by atoms with van der Waals surface area (Å²) in [6, 6.07) is 0. The second-order valence-electron chi connectivity index (χ2n) is 6.69. The Morgan fingerprint density at radius 2 is 2.21 bits per heavy atom. The molecule has 0 bridgehead atoms. The number of nitrogens with zero attached hydrogens (tertiary/aromatic N) is 3. The molecule has 1 fully saturated rings. The summed E-state index contributed by atoms with van der Waals surface area (Å²) < 4.78 is 1.96. The molecule has 4 heteroatoms. The molecule has 1 aliphatic carbocycles. The van der Waals surface area contributed by atoms with Crippen molar-refractivity contribution in [2.24, 2.45) is 11.8 Å². The van der Waals surface area contributed by atoms with Gasteiger partial charge >= 0.3 is 0 Å². The van der Waals surface area contributed by atoms with Crippen molar-refractivity contribution >= 4 is 0 Å². The summed E-state index contributed by atoms with van der Waals surface area (Å²) in [5, 5.41) is 15.1. The van der Waals surface area contributed by atoms with Crippen LogP contribution in [0.25, 0.3) is 0 Å². The highest BCUT2D eigenvalue weighted by atomic mass is 16.3. The SMILES string of the molecule is CC(C)Cn1ncnc1CC1(O)CCCC(C)CC1. The summed E-state index contributed by atoms with van der Waals surface area (Å²) in [4.78, 5) is 4.35. The largest absolute Gasteiger partial charge is 0.389 e. The summed E-state index contributed by atoms with van der Waals surface area (Å²) >= 11 is 0. The Morgan fingerprint density at radius 1 is 1.42 bits per heavy atom. The minimum Gasteiger partial charge on any atom is -0.389 e. The van der Waals surface area contributed by atoms with E-state index in [-0.39, 0.29) is 0 Å². The molecule has 0 aromatic carbocycles. The van der Waals surface area contributed by atoms with Crippen LogP contribution in [0.2, 0.25) is 0 Å². The molecule has 19 heavy (non-hydrogen) atoms. The maximum atomic E-state index is 10.8. The third kappa shape index (κ3) is 4.03. The molecule has 0 spiro atoms. The van der Waals surface area contributed by atoms with Crippen LogP contribution < -0.4 is 0 Å². The fraction of sp³-hybridized carbons (Fsp3) is 0.867. The lowest BCUT2D eigenvalue weighted by molar-refractivity contribution is 0.0213. The van der Waals surface area contributed by atoms with Gasteiger partial charge in [0, 0.05) is 13.0 Å². The first-order valence-electron chi connectivity index (χ1n) is 7.57. The van der Waals surface area contributed by atoms with Gasteiger partial charge in [-0.3, -0.25) is 0 Å². The van der Waals surface area contributed by atoms with E-state index in [9.17, 15) is 5.11 Å². The number of aliphatic hydroxyl groups is 1. The first kappa shape index (κ1) is 14.5. The van der Waals surface area contributed by atoms with Crippen LogP contribution in [0, 0.1) is 11.8 Å². The Balaban J connectivity index is 2.05. The molecule has 1 aromatic heterocycles. The molecular weight excluding hydrogens is 238 g/mol. The maximum absolute atomic E-state index is 10.8. The lowest BCUT2D eigenvalue weighted by atomic mass is 9.90. The van der Waals surface area contributed by atoms with Gasteiger partial charge in [-0.25, -0.2) is 9.67 Å². The van der Waals surface area contributed by atoms with E-state index in [4.69, 9.17) is 0 Å². The van der Waals surface area contributed by atoms with Crippen LogP contribution in [0.1, 0.15) is 58.7 Å². The van der Waals surface area contributed by atoms with Crippen molar-refractivity contribution in [1.82, 2.24) is 14.8 Å². The van der Waals surface area contributed by atoms with Gasteiger partial charge in [0.25, 0.3) is 0 Å². The molecule has 1 N–H and O–H groups in total. The molecule has 0 aliphatic heterocycles. The fourth-order valence-electron chi connectivity index (χ4n) is 2.96. The van der Waals surface area contributed by atoms with Crippen molar-refractivity contribution < 1.29 is 5.11 Å². The summed E-state index contributed by atoms with van der Waals surface area (Å²) in [7, 11) is 0.